The second-order valence-corrected chi connectivity index (χ2v) is 5.29. The summed E-state index contributed by atoms with van der Waals surface area (Å²) in [7, 11) is 0. The molecule has 2 amide bonds. The number of nitrogens with zero attached hydrogens (tertiary/aromatic N) is 1. The van der Waals surface area contributed by atoms with Gasteiger partial charge in [-0.05, 0) is 31.9 Å². The first-order valence-corrected chi connectivity index (χ1v) is 7.31. The number of rotatable bonds is 5. The number of aryl methyl sites for hydroxylation is 1. The molecule has 0 unspecified atom stereocenters. The molecule has 0 aromatic carbocycles. The summed E-state index contributed by atoms with van der Waals surface area (Å²) in [4.78, 5) is 23.4. The minimum atomic E-state index is -0.348. The van der Waals surface area contributed by atoms with Crippen LogP contribution in [0.3, 0.4) is 0 Å². The standard InChI is InChI=1S/C15H21N3O3/c1-11-7-8-13(21-11)9-17-18-14(19)10-16-15(20)12-5-3-2-4-6-12/h7-9,12H,2-6,10H2,1H3,(H,16,20)(H,18,19)/b17-9+. The lowest BCUT2D eigenvalue weighted by Gasteiger charge is -2.20. The summed E-state index contributed by atoms with van der Waals surface area (Å²) in [6.45, 7) is 1.78. The number of nitrogens with one attached hydrogen (secondary N) is 2. The maximum absolute atomic E-state index is 11.9. The number of hydrogen-bond donors (Lipinski definition) is 2. The lowest BCUT2D eigenvalue weighted by Crippen LogP contribution is -2.38. The zero-order valence-corrected chi connectivity index (χ0v) is 12.2. The normalized spacial score (nSPS) is 16.0. The van der Waals surface area contributed by atoms with Gasteiger partial charge in [-0.3, -0.25) is 9.59 Å². The van der Waals surface area contributed by atoms with E-state index in [1.54, 1.807) is 6.07 Å². The number of hydrazone groups is 1. The summed E-state index contributed by atoms with van der Waals surface area (Å²) in [5, 5.41) is 6.43. The van der Waals surface area contributed by atoms with Crippen molar-refractivity contribution in [2.45, 2.75) is 39.0 Å². The van der Waals surface area contributed by atoms with Crippen LogP contribution in [0.4, 0.5) is 0 Å². The van der Waals surface area contributed by atoms with Gasteiger partial charge < -0.3 is 9.73 Å². The Morgan fingerprint density at radius 3 is 2.76 bits per heavy atom. The lowest BCUT2D eigenvalue weighted by molar-refractivity contribution is -0.129. The van der Waals surface area contributed by atoms with Crippen LogP contribution in [-0.2, 0) is 9.59 Å². The fourth-order valence-corrected chi connectivity index (χ4v) is 2.41. The van der Waals surface area contributed by atoms with Crippen LogP contribution in [0.15, 0.2) is 21.7 Å². The zero-order chi connectivity index (χ0) is 15.1. The van der Waals surface area contributed by atoms with Gasteiger partial charge in [0.05, 0.1) is 12.8 Å². The van der Waals surface area contributed by atoms with Gasteiger partial charge in [-0.25, -0.2) is 5.43 Å². The molecular formula is C15H21N3O3. The van der Waals surface area contributed by atoms with E-state index in [1.807, 2.05) is 13.0 Å². The van der Waals surface area contributed by atoms with Crippen molar-refractivity contribution in [2.24, 2.45) is 11.0 Å². The topological polar surface area (TPSA) is 83.7 Å². The van der Waals surface area contributed by atoms with Gasteiger partial charge >= 0.3 is 0 Å². The van der Waals surface area contributed by atoms with Gasteiger partial charge in [0.15, 0.2) is 0 Å². The molecule has 0 spiro atoms. The van der Waals surface area contributed by atoms with Crippen LogP contribution >= 0.6 is 0 Å². The van der Waals surface area contributed by atoms with Crippen LogP contribution in [0, 0.1) is 12.8 Å². The molecule has 0 radical (unpaired) electrons. The van der Waals surface area contributed by atoms with E-state index in [2.05, 4.69) is 15.8 Å². The average molecular weight is 291 g/mol. The Labute approximate surface area is 124 Å². The van der Waals surface area contributed by atoms with Gasteiger partial charge in [-0.15, -0.1) is 0 Å². The summed E-state index contributed by atoms with van der Waals surface area (Å²) in [5.41, 5.74) is 2.35. The summed E-state index contributed by atoms with van der Waals surface area (Å²) in [6.07, 6.45) is 6.65. The van der Waals surface area contributed by atoms with Crippen molar-refractivity contribution < 1.29 is 14.0 Å². The van der Waals surface area contributed by atoms with E-state index < -0.39 is 0 Å². The van der Waals surface area contributed by atoms with E-state index in [0.29, 0.717) is 5.76 Å². The van der Waals surface area contributed by atoms with Gasteiger partial charge in [0.25, 0.3) is 5.91 Å². The SMILES string of the molecule is Cc1ccc(/C=N/NC(=O)CNC(=O)C2CCCCC2)o1. The highest BCUT2D eigenvalue weighted by Crippen LogP contribution is 2.23. The number of hydrogen-bond acceptors (Lipinski definition) is 4. The molecule has 1 saturated carbocycles. The van der Waals surface area contributed by atoms with E-state index in [-0.39, 0.29) is 24.3 Å². The Kier molecular flexibility index (Phi) is 5.54. The van der Waals surface area contributed by atoms with Crippen LogP contribution in [-0.4, -0.2) is 24.6 Å². The molecule has 0 atom stereocenters. The summed E-state index contributed by atoms with van der Waals surface area (Å²) in [5.74, 6) is 1.02. The summed E-state index contributed by atoms with van der Waals surface area (Å²) in [6, 6.07) is 3.57. The van der Waals surface area contributed by atoms with Crippen LogP contribution < -0.4 is 10.7 Å². The Balaban J connectivity index is 1.67. The third kappa shape index (κ3) is 5.06. The Morgan fingerprint density at radius 2 is 2.10 bits per heavy atom. The molecule has 1 aliphatic carbocycles. The molecule has 114 valence electrons. The molecule has 1 heterocycles. The van der Waals surface area contributed by atoms with Crippen molar-refractivity contribution in [3.63, 3.8) is 0 Å². The Morgan fingerprint density at radius 1 is 1.33 bits per heavy atom. The predicted molar refractivity (Wildman–Crippen MR) is 78.8 cm³/mol. The fourth-order valence-electron chi connectivity index (χ4n) is 2.41. The first-order chi connectivity index (χ1) is 10.1. The fraction of sp³-hybridized carbons (Fsp3) is 0.533. The third-order valence-corrected chi connectivity index (χ3v) is 3.54. The number of furan rings is 1. The number of carbonyl (C=O) groups excluding carboxylic acids is 2. The largest absolute Gasteiger partial charge is 0.460 e. The molecular weight excluding hydrogens is 270 g/mol. The highest BCUT2D eigenvalue weighted by atomic mass is 16.3. The maximum atomic E-state index is 11.9. The van der Waals surface area contributed by atoms with Crippen LogP contribution in [0.2, 0.25) is 0 Å². The first-order valence-electron chi connectivity index (χ1n) is 7.31. The Hall–Kier alpha value is -2.11. The van der Waals surface area contributed by atoms with E-state index in [9.17, 15) is 9.59 Å². The van der Waals surface area contributed by atoms with E-state index in [4.69, 9.17) is 4.42 Å². The van der Waals surface area contributed by atoms with Crippen LogP contribution in [0.25, 0.3) is 0 Å². The van der Waals surface area contributed by atoms with Gasteiger partial charge in [0.2, 0.25) is 5.91 Å². The number of amides is 2. The molecule has 21 heavy (non-hydrogen) atoms. The molecule has 2 rings (SSSR count). The smallest absolute Gasteiger partial charge is 0.259 e. The number of carbonyl (C=O) groups is 2. The minimum absolute atomic E-state index is 0.0320. The van der Waals surface area contributed by atoms with E-state index in [1.165, 1.54) is 12.6 Å². The predicted octanol–water partition coefficient (Wildman–Crippen LogP) is 1.73. The Bertz CT molecular complexity index is 516. The molecule has 1 aromatic rings. The molecule has 6 heteroatoms. The quantitative estimate of drug-likeness (QED) is 0.640. The molecule has 6 nitrogen and oxygen atoms in total. The van der Waals surface area contributed by atoms with Crippen molar-refractivity contribution in [2.75, 3.05) is 6.54 Å². The van der Waals surface area contributed by atoms with Crippen molar-refractivity contribution in [3.05, 3.63) is 23.7 Å². The highest BCUT2D eigenvalue weighted by molar-refractivity contribution is 5.86. The average Bonchev–Trinajstić information content (AvgIpc) is 2.91. The summed E-state index contributed by atoms with van der Waals surface area (Å²) < 4.78 is 5.27. The molecule has 1 aromatic heterocycles. The van der Waals surface area contributed by atoms with Gasteiger partial charge in [-0.1, -0.05) is 19.3 Å². The zero-order valence-electron chi connectivity index (χ0n) is 12.2. The molecule has 0 bridgehead atoms. The lowest BCUT2D eigenvalue weighted by atomic mass is 9.89. The van der Waals surface area contributed by atoms with Crippen molar-refractivity contribution in [1.29, 1.82) is 0 Å². The van der Waals surface area contributed by atoms with E-state index in [0.717, 1.165) is 31.4 Å². The first kappa shape index (κ1) is 15.3. The molecule has 2 N–H and O–H groups in total. The maximum Gasteiger partial charge on any atom is 0.259 e. The van der Waals surface area contributed by atoms with Gasteiger partial charge in [0, 0.05) is 5.92 Å². The van der Waals surface area contributed by atoms with E-state index >= 15 is 0 Å². The monoisotopic (exact) mass is 291 g/mol. The second-order valence-electron chi connectivity index (χ2n) is 5.29. The third-order valence-electron chi connectivity index (χ3n) is 3.54. The second kappa shape index (κ2) is 7.61. The van der Waals surface area contributed by atoms with Crippen molar-refractivity contribution in [3.8, 4) is 0 Å². The van der Waals surface area contributed by atoms with Gasteiger partial charge in [0.1, 0.15) is 11.5 Å². The van der Waals surface area contributed by atoms with Crippen molar-refractivity contribution >= 4 is 18.0 Å². The molecule has 1 aliphatic rings. The minimum Gasteiger partial charge on any atom is -0.460 e. The highest BCUT2D eigenvalue weighted by Gasteiger charge is 2.21. The van der Waals surface area contributed by atoms with Gasteiger partial charge in [-0.2, -0.15) is 5.10 Å². The molecule has 0 saturated heterocycles. The molecule has 0 aliphatic heterocycles. The van der Waals surface area contributed by atoms with Crippen LogP contribution in [0.1, 0.15) is 43.6 Å². The van der Waals surface area contributed by atoms with Crippen molar-refractivity contribution in [1.82, 2.24) is 10.7 Å². The molecule has 1 fully saturated rings. The summed E-state index contributed by atoms with van der Waals surface area (Å²) >= 11 is 0. The van der Waals surface area contributed by atoms with Crippen LogP contribution in [0.5, 0.6) is 0 Å².